The molecule has 1 fully saturated rings. The van der Waals surface area contributed by atoms with Crippen LogP contribution < -0.4 is 10.1 Å². The van der Waals surface area contributed by atoms with E-state index in [0.717, 1.165) is 34.9 Å². The zero-order valence-corrected chi connectivity index (χ0v) is 16.1. The van der Waals surface area contributed by atoms with E-state index in [1.165, 1.54) is 11.3 Å². The Kier molecular flexibility index (Phi) is 6.45. The molecule has 2 N–H and O–H groups in total. The van der Waals surface area contributed by atoms with Crippen molar-refractivity contribution in [2.24, 2.45) is 11.8 Å². The molecule has 2 aromatic rings. The first-order valence-corrected chi connectivity index (χ1v) is 10.0. The van der Waals surface area contributed by atoms with Gasteiger partial charge in [-0.15, -0.1) is 11.3 Å². The average Bonchev–Trinajstić information content (AvgIpc) is 3.14. The zero-order valence-electron chi connectivity index (χ0n) is 15.3. The number of nitrogens with zero attached hydrogens (tertiary/aromatic N) is 1. The molecule has 1 aliphatic carbocycles. The summed E-state index contributed by atoms with van der Waals surface area (Å²) >= 11 is 1.50. The van der Waals surface area contributed by atoms with Crippen LogP contribution in [-0.2, 0) is 16.0 Å². The molecule has 6 nitrogen and oxygen atoms in total. The molecule has 1 amide bonds. The van der Waals surface area contributed by atoms with E-state index in [1.54, 1.807) is 7.11 Å². The summed E-state index contributed by atoms with van der Waals surface area (Å²) in [5.74, 6) is 0.156. The number of ether oxygens (including phenoxy) is 1. The Morgan fingerprint density at radius 1 is 1.26 bits per heavy atom. The highest BCUT2D eigenvalue weighted by Crippen LogP contribution is 2.32. The second-order valence-corrected chi connectivity index (χ2v) is 7.74. The van der Waals surface area contributed by atoms with Crippen molar-refractivity contribution < 1.29 is 19.4 Å². The number of rotatable bonds is 7. The Morgan fingerprint density at radius 3 is 2.70 bits per heavy atom. The summed E-state index contributed by atoms with van der Waals surface area (Å²) in [6, 6.07) is 7.69. The largest absolute Gasteiger partial charge is 0.496 e. The lowest BCUT2D eigenvalue weighted by Gasteiger charge is -2.26. The Balaban J connectivity index is 1.49. The number of carbonyl (C=O) groups is 2. The molecule has 0 spiro atoms. The van der Waals surface area contributed by atoms with Crippen LogP contribution in [0.15, 0.2) is 29.6 Å². The molecule has 1 aliphatic rings. The third-order valence-electron chi connectivity index (χ3n) is 5.01. The number of para-hydroxylation sites is 1. The minimum absolute atomic E-state index is 0.0489. The van der Waals surface area contributed by atoms with Crippen LogP contribution in [0.2, 0.25) is 0 Å². The van der Waals surface area contributed by atoms with Crippen molar-refractivity contribution in [3.63, 3.8) is 0 Å². The minimum atomic E-state index is -0.702. The number of carboxylic acids is 1. The van der Waals surface area contributed by atoms with Crippen LogP contribution >= 0.6 is 11.3 Å². The van der Waals surface area contributed by atoms with Crippen molar-refractivity contribution in [2.75, 3.05) is 13.7 Å². The van der Waals surface area contributed by atoms with E-state index in [1.807, 2.05) is 29.6 Å². The van der Waals surface area contributed by atoms with Gasteiger partial charge in [0.25, 0.3) is 0 Å². The zero-order chi connectivity index (χ0) is 19.2. The van der Waals surface area contributed by atoms with Gasteiger partial charge >= 0.3 is 5.97 Å². The molecule has 0 radical (unpaired) electrons. The lowest BCUT2D eigenvalue weighted by Crippen LogP contribution is -2.33. The lowest BCUT2D eigenvalue weighted by atomic mass is 9.82. The maximum Gasteiger partial charge on any atom is 0.306 e. The van der Waals surface area contributed by atoms with Crippen LogP contribution in [0.1, 0.15) is 31.4 Å². The number of nitrogens with one attached hydrogen (secondary N) is 1. The molecule has 0 saturated heterocycles. The quantitative estimate of drug-likeness (QED) is 0.759. The van der Waals surface area contributed by atoms with Gasteiger partial charge in [-0.25, -0.2) is 4.98 Å². The molecule has 0 bridgehead atoms. The number of aromatic nitrogens is 1. The topological polar surface area (TPSA) is 88.5 Å². The summed E-state index contributed by atoms with van der Waals surface area (Å²) in [7, 11) is 1.63. The molecule has 7 heteroatoms. The predicted octanol–water partition coefficient (Wildman–Crippen LogP) is 3.37. The molecular weight excluding hydrogens is 364 g/mol. The summed E-state index contributed by atoms with van der Waals surface area (Å²) in [4.78, 5) is 27.8. The van der Waals surface area contributed by atoms with Crippen LogP contribution in [-0.4, -0.2) is 35.6 Å². The highest BCUT2D eigenvalue weighted by molar-refractivity contribution is 7.13. The minimum Gasteiger partial charge on any atom is -0.496 e. The lowest BCUT2D eigenvalue weighted by molar-refractivity contribution is -0.143. The smallest absolute Gasteiger partial charge is 0.306 e. The van der Waals surface area contributed by atoms with Crippen LogP contribution in [0.4, 0.5) is 0 Å². The molecule has 0 aliphatic heterocycles. The standard InChI is InChI=1S/C20H24N2O4S/c1-26-17-5-3-2-4-16(17)19-22-15(12-27-19)10-18(23)21-11-13-6-8-14(9-7-13)20(24)25/h2-5,12-14H,6-11H2,1H3,(H,21,23)(H,24,25). The first kappa shape index (κ1) is 19.4. The SMILES string of the molecule is COc1ccccc1-c1nc(CC(=O)NCC2CCC(C(=O)O)CC2)cs1. The molecule has 1 aromatic heterocycles. The van der Waals surface area contributed by atoms with E-state index in [9.17, 15) is 9.59 Å². The molecule has 1 heterocycles. The van der Waals surface area contributed by atoms with Crippen molar-refractivity contribution in [2.45, 2.75) is 32.1 Å². The van der Waals surface area contributed by atoms with E-state index in [0.29, 0.717) is 25.3 Å². The van der Waals surface area contributed by atoms with Crippen molar-refractivity contribution in [1.29, 1.82) is 0 Å². The number of methoxy groups -OCH3 is 1. The van der Waals surface area contributed by atoms with Gasteiger partial charge in [-0.05, 0) is 43.7 Å². The van der Waals surface area contributed by atoms with Crippen LogP contribution in [0.3, 0.4) is 0 Å². The van der Waals surface area contributed by atoms with Gasteiger partial charge in [-0.1, -0.05) is 12.1 Å². The van der Waals surface area contributed by atoms with Gasteiger partial charge in [0, 0.05) is 11.9 Å². The van der Waals surface area contributed by atoms with Crippen molar-refractivity contribution in [3.05, 3.63) is 35.3 Å². The molecule has 27 heavy (non-hydrogen) atoms. The average molecular weight is 388 g/mol. The number of hydrogen-bond acceptors (Lipinski definition) is 5. The summed E-state index contributed by atoms with van der Waals surface area (Å²) in [5.41, 5.74) is 1.67. The third kappa shape index (κ3) is 5.07. The van der Waals surface area contributed by atoms with Crippen molar-refractivity contribution >= 4 is 23.2 Å². The molecule has 0 unspecified atom stereocenters. The fourth-order valence-corrected chi connectivity index (χ4v) is 4.28. The van der Waals surface area contributed by atoms with Crippen LogP contribution in [0.25, 0.3) is 10.6 Å². The van der Waals surface area contributed by atoms with E-state index < -0.39 is 5.97 Å². The van der Waals surface area contributed by atoms with Gasteiger partial charge < -0.3 is 15.2 Å². The Hall–Kier alpha value is -2.41. The predicted molar refractivity (Wildman–Crippen MR) is 104 cm³/mol. The van der Waals surface area contributed by atoms with Crippen LogP contribution in [0, 0.1) is 11.8 Å². The van der Waals surface area contributed by atoms with E-state index in [2.05, 4.69) is 10.3 Å². The summed E-state index contributed by atoms with van der Waals surface area (Å²) in [6.45, 7) is 0.606. The monoisotopic (exact) mass is 388 g/mol. The van der Waals surface area contributed by atoms with Gasteiger partial charge in [0.05, 0.1) is 30.7 Å². The highest BCUT2D eigenvalue weighted by atomic mass is 32.1. The number of carbonyl (C=O) groups excluding carboxylic acids is 1. The van der Waals surface area contributed by atoms with Crippen molar-refractivity contribution in [1.82, 2.24) is 10.3 Å². The highest BCUT2D eigenvalue weighted by Gasteiger charge is 2.26. The first-order valence-electron chi connectivity index (χ1n) is 9.14. The number of amides is 1. The summed E-state index contributed by atoms with van der Waals surface area (Å²) in [6.07, 6.45) is 3.35. The van der Waals surface area contributed by atoms with E-state index >= 15 is 0 Å². The molecule has 1 aromatic carbocycles. The normalized spacial score (nSPS) is 19.4. The fourth-order valence-electron chi connectivity index (χ4n) is 3.43. The Labute approximate surface area is 162 Å². The second kappa shape index (κ2) is 8.99. The summed E-state index contributed by atoms with van der Waals surface area (Å²) in [5, 5.41) is 14.7. The number of thiazole rings is 1. The maximum atomic E-state index is 12.2. The van der Waals surface area contributed by atoms with E-state index in [4.69, 9.17) is 9.84 Å². The molecule has 144 valence electrons. The number of hydrogen-bond donors (Lipinski definition) is 2. The number of carboxylic acid groups (broad SMARTS) is 1. The van der Waals surface area contributed by atoms with Gasteiger partial charge in [0.15, 0.2) is 0 Å². The summed E-state index contributed by atoms with van der Waals surface area (Å²) < 4.78 is 5.37. The van der Waals surface area contributed by atoms with Crippen LogP contribution in [0.5, 0.6) is 5.75 Å². The fraction of sp³-hybridized carbons (Fsp3) is 0.450. The Morgan fingerprint density at radius 2 is 2.00 bits per heavy atom. The third-order valence-corrected chi connectivity index (χ3v) is 5.94. The van der Waals surface area contributed by atoms with E-state index in [-0.39, 0.29) is 18.2 Å². The van der Waals surface area contributed by atoms with Gasteiger partial charge in [-0.3, -0.25) is 9.59 Å². The van der Waals surface area contributed by atoms with Crippen molar-refractivity contribution in [3.8, 4) is 16.3 Å². The maximum absolute atomic E-state index is 12.2. The molecule has 0 atom stereocenters. The Bertz CT molecular complexity index is 797. The number of aliphatic carboxylic acids is 1. The molecular formula is C20H24N2O4S. The molecule has 3 rings (SSSR count). The van der Waals surface area contributed by atoms with Gasteiger partial charge in [-0.2, -0.15) is 0 Å². The van der Waals surface area contributed by atoms with Gasteiger partial charge in [0.2, 0.25) is 5.91 Å². The number of benzene rings is 1. The second-order valence-electron chi connectivity index (χ2n) is 6.88. The first-order chi connectivity index (χ1) is 13.1. The molecule has 1 saturated carbocycles. The van der Waals surface area contributed by atoms with Gasteiger partial charge in [0.1, 0.15) is 10.8 Å².